The molecule has 12 aromatic carbocycles. The van der Waals surface area contributed by atoms with Crippen LogP contribution in [0.4, 0.5) is 51.2 Å². The number of anilines is 9. The summed E-state index contributed by atoms with van der Waals surface area (Å²) in [5, 5.41) is 5.29. The summed E-state index contributed by atoms with van der Waals surface area (Å²) in [4.78, 5) is 15.1. The molecule has 2 aromatic heterocycles. The van der Waals surface area contributed by atoms with Gasteiger partial charge < -0.3 is 14.7 Å². The average Bonchev–Trinajstić information content (AvgIpc) is 1.33. The monoisotopic (exact) mass is 1130 g/mol. The summed E-state index contributed by atoms with van der Waals surface area (Å²) in [5.41, 5.74) is 18.8. The Kier molecular flexibility index (Phi) is 10.7. The van der Waals surface area contributed by atoms with Crippen molar-refractivity contribution in [3.05, 3.63) is 261 Å². The van der Waals surface area contributed by atoms with Gasteiger partial charge in [0.1, 0.15) is 0 Å². The highest BCUT2D eigenvalue weighted by molar-refractivity contribution is 8.00. The van der Waals surface area contributed by atoms with Gasteiger partial charge in [0.15, 0.2) is 0 Å². The lowest BCUT2D eigenvalue weighted by Crippen LogP contribution is -2.64. The second kappa shape index (κ2) is 18.6. The zero-order valence-corrected chi connectivity index (χ0v) is 47.9. The zero-order chi connectivity index (χ0) is 53.6. The van der Waals surface area contributed by atoms with Crippen LogP contribution in [-0.4, -0.2) is 13.4 Å². The van der Waals surface area contributed by atoms with Gasteiger partial charge in [-0.2, -0.15) is 0 Å². The maximum absolute atomic E-state index is 2.64. The number of rotatable bonds is 7. The molecule has 3 nitrogen and oxygen atoms in total. The van der Waals surface area contributed by atoms with Gasteiger partial charge in [-0.25, -0.2) is 0 Å². The molecule has 0 aliphatic carbocycles. The van der Waals surface area contributed by atoms with Crippen molar-refractivity contribution < 1.29 is 0 Å². The molecular weight excluding hydrogens is 1090 g/mol. The molecule has 6 heterocycles. The first-order valence-corrected chi connectivity index (χ1v) is 31.8. The summed E-state index contributed by atoms with van der Waals surface area (Å²) in [6.07, 6.45) is 0. The molecule has 0 atom stereocenters. The Balaban J connectivity index is 0.854. The number of nitrogens with zero attached hydrogens (tertiary/aromatic N) is 3. The van der Waals surface area contributed by atoms with Crippen LogP contribution in [0.2, 0.25) is 0 Å². The Bertz CT molecular complexity index is 4970. The third-order valence-corrected chi connectivity index (χ3v) is 22.3. The molecule has 0 unspecified atom stereocenters. The van der Waals surface area contributed by atoms with E-state index in [1.807, 2.05) is 58.0 Å². The third-order valence-electron chi connectivity index (χ3n) is 16.9. The summed E-state index contributed by atoms with van der Waals surface area (Å²) in [7, 11) is 0. The quantitative estimate of drug-likeness (QED) is 0.146. The predicted octanol–water partition coefficient (Wildman–Crippen LogP) is 17.6. The van der Waals surface area contributed by atoms with Crippen LogP contribution < -0.4 is 47.5 Å². The van der Waals surface area contributed by atoms with Gasteiger partial charge in [-0.3, -0.25) is 0 Å². The molecule has 0 fully saturated rings. The number of thiophene rings is 2. The summed E-state index contributed by atoms with van der Waals surface area (Å²) in [5.74, 6) is 0. The van der Waals surface area contributed by atoms with Gasteiger partial charge in [-0.15, -0.1) is 22.7 Å². The molecule has 4 aliphatic heterocycles. The van der Waals surface area contributed by atoms with E-state index in [1.54, 1.807) is 0 Å². The zero-order valence-electron chi connectivity index (χ0n) is 43.9. The summed E-state index contributed by atoms with van der Waals surface area (Å²) < 4.78 is 5.29. The lowest BCUT2D eigenvalue weighted by Gasteiger charge is -2.45. The van der Waals surface area contributed by atoms with E-state index in [-0.39, 0.29) is 13.4 Å². The first-order chi connectivity index (χ1) is 40.6. The third kappa shape index (κ3) is 7.28. The van der Waals surface area contributed by atoms with E-state index in [0.29, 0.717) is 0 Å². The van der Waals surface area contributed by atoms with Gasteiger partial charge in [0, 0.05) is 121 Å². The number of benzene rings is 12. The minimum Gasteiger partial charge on any atom is -0.311 e. The molecule has 82 heavy (non-hydrogen) atoms. The van der Waals surface area contributed by atoms with Crippen LogP contribution in [0.25, 0.3) is 40.3 Å². The molecule has 14 aromatic rings. The van der Waals surface area contributed by atoms with Crippen molar-refractivity contribution >= 4 is 196 Å². The smallest absolute Gasteiger partial charge is 0.252 e. The van der Waals surface area contributed by atoms with Gasteiger partial charge >= 0.3 is 0 Å². The molecule has 18 rings (SSSR count). The van der Waals surface area contributed by atoms with Crippen molar-refractivity contribution in [3.63, 3.8) is 0 Å². The molecule has 0 saturated heterocycles. The number of para-hydroxylation sites is 5. The number of hydrogen-bond acceptors (Lipinski definition) is 8. The van der Waals surface area contributed by atoms with Crippen molar-refractivity contribution in [2.75, 3.05) is 14.7 Å². The maximum Gasteiger partial charge on any atom is 0.252 e. The Morgan fingerprint density at radius 2 is 0.695 bits per heavy atom. The van der Waals surface area contributed by atoms with E-state index in [0.717, 1.165) is 17.1 Å². The van der Waals surface area contributed by atoms with Crippen LogP contribution in [0.3, 0.4) is 0 Å². The van der Waals surface area contributed by atoms with Gasteiger partial charge in [0.2, 0.25) is 6.71 Å². The van der Waals surface area contributed by atoms with Crippen LogP contribution in [0.1, 0.15) is 0 Å². The highest BCUT2D eigenvalue weighted by Gasteiger charge is 2.47. The van der Waals surface area contributed by atoms with Crippen molar-refractivity contribution in [2.24, 2.45) is 0 Å². The lowest BCUT2D eigenvalue weighted by atomic mass is 9.31. The average molecular weight is 1130 g/mol. The fourth-order valence-electron chi connectivity index (χ4n) is 13.6. The van der Waals surface area contributed by atoms with Gasteiger partial charge in [-0.05, 0) is 143 Å². The molecule has 0 spiro atoms. The van der Waals surface area contributed by atoms with E-state index in [2.05, 4.69) is 276 Å². The van der Waals surface area contributed by atoms with E-state index >= 15 is 0 Å². The fraction of sp³-hybridized carbons (Fsp3) is 0. The highest BCUT2D eigenvalue weighted by Crippen LogP contribution is 2.51. The second-order valence-corrected chi connectivity index (χ2v) is 27.0. The van der Waals surface area contributed by atoms with E-state index in [1.165, 1.54) is 137 Å². The SMILES string of the molecule is c1ccc(N2c3ccccc3B3c4cc5c(cc4Sc4cc(Sc6ccc7c(c6)sc6ccccc67)cc2c43)N(c2ccccc2)c2cc(Sc3ccc4c(c3)sc3ccccc34)cc3c2B5c2ccccc2N3c2ccccc2)cc1. The first kappa shape index (κ1) is 47.3. The van der Waals surface area contributed by atoms with E-state index in [9.17, 15) is 0 Å². The Labute approximate surface area is 496 Å². The minimum atomic E-state index is -0.0436. The van der Waals surface area contributed by atoms with Crippen LogP contribution in [0, 0.1) is 0 Å². The molecule has 0 radical (unpaired) electrons. The van der Waals surface area contributed by atoms with Gasteiger partial charge in [0.05, 0.1) is 0 Å². The van der Waals surface area contributed by atoms with Crippen LogP contribution in [0.15, 0.2) is 290 Å². The normalized spacial score (nSPS) is 13.5. The van der Waals surface area contributed by atoms with Gasteiger partial charge in [-0.1, -0.05) is 186 Å². The van der Waals surface area contributed by atoms with Crippen molar-refractivity contribution in [3.8, 4) is 0 Å². The second-order valence-electron chi connectivity index (χ2n) is 21.5. The van der Waals surface area contributed by atoms with Crippen LogP contribution in [0.5, 0.6) is 0 Å². The largest absolute Gasteiger partial charge is 0.311 e. The highest BCUT2D eigenvalue weighted by atomic mass is 32.2. The minimum absolute atomic E-state index is 0.000549. The topological polar surface area (TPSA) is 9.72 Å². The van der Waals surface area contributed by atoms with Crippen molar-refractivity contribution in [1.29, 1.82) is 0 Å². The molecular formula is C72H43B2N3S5. The lowest BCUT2D eigenvalue weighted by molar-refractivity contribution is 1.22. The molecule has 0 bridgehead atoms. The predicted molar refractivity (Wildman–Crippen MR) is 357 cm³/mol. The molecule has 10 heteroatoms. The summed E-state index contributed by atoms with van der Waals surface area (Å²) in [6, 6.07) is 98.3. The van der Waals surface area contributed by atoms with E-state index < -0.39 is 0 Å². The summed E-state index contributed by atoms with van der Waals surface area (Å²) >= 11 is 9.44. The van der Waals surface area contributed by atoms with Crippen molar-refractivity contribution in [2.45, 2.75) is 29.4 Å². The number of hydrogen-bond donors (Lipinski definition) is 0. The van der Waals surface area contributed by atoms with Crippen LogP contribution in [-0.2, 0) is 0 Å². The van der Waals surface area contributed by atoms with Gasteiger partial charge in [0.25, 0.3) is 6.71 Å². The number of fused-ring (bicyclic) bond motifs is 14. The molecule has 0 saturated carbocycles. The standard InChI is InChI=1S/C72H43B2N3S5/c1-4-18-44(19-5-1)75-59-28-14-12-26-55(59)73-57-42-58-69(43-61(57)77(46-22-8-3-9-23-46)63-37-49(36-62(75)71(63)73)78-47-32-34-53-51-24-10-16-30-65(51)80-67(53)39-47)82-70-41-50(79-48-33-35-54-52-25-11-17-31-66(52)81-68(54)40-48)38-64-72(70)74(58)56-27-13-15-29-60(56)76(64)45-20-6-2-7-21-45/h1-43H. The Morgan fingerprint density at radius 1 is 0.268 bits per heavy atom. The fourth-order valence-corrected chi connectivity index (χ4v) is 19.2. The molecule has 0 N–H and O–H groups in total. The van der Waals surface area contributed by atoms with Crippen molar-refractivity contribution in [1.82, 2.24) is 0 Å². The Morgan fingerprint density at radius 3 is 1.23 bits per heavy atom. The Hall–Kier alpha value is -8.34. The van der Waals surface area contributed by atoms with E-state index in [4.69, 9.17) is 0 Å². The van der Waals surface area contributed by atoms with Crippen LogP contribution >= 0.6 is 58.0 Å². The summed E-state index contributed by atoms with van der Waals surface area (Å²) in [6.45, 7) is -0.0441. The molecule has 4 aliphatic rings. The maximum atomic E-state index is 2.64. The first-order valence-electron chi connectivity index (χ1n) is 27.8. The molecule has 382 valence electrons. The molecule has 0 amide bonds.